The summed E-state index contributed by atoms with van der Waals surface area (Å²) in [5.41, 5.74) is 2.52. The van der Waals surface area contributed by atoms with Gasteiger partial charge in [-0.05, 0) is 31.0 Å². The van der Waals surface area contributed by atoms with E-state index in [1.165, 1.54) is 11.1 Å². The van der Waals surface area contributed by atoms with Crippen molar-refractivity contribution in [1.29, 1.82) is 0 Å². The van der Waals surface area contributed by atoms with E-state index in [0.717, 1.165) is 31.1 Å². The van der Waals surface area contributed by atoms with Gasteiger partial charge in [-0.1, -0.05) is 12.1 Å². The van der Waals surface area contributed by atoms with Gasteiger partial charge in [-0.2, -0.15) is 0 Å². The predicted octanol–water partition coefficient (Wildman–Crippen LogP) is 2.41. The Hall–Kier alpha value is -1.81. The molecule has 2 heterocycles. The number of nitrogens with one attached hydrogen (secondary N) is 2. The van der Waals surface area contributed by atoms with E-state index in [1.807, 2.05) is 6.20 Å². The minimum absolute atomic E-state index is 0.0669. The lowest BCUT2D eigenvalue weighted by Gasteiger charge is -2.16. The Bertz CT molecular complexity index is 561. The molecule has 0 atom stereocenters. The van der Waals surface area contributed by atoms with Gasteiger partial charge in [0.1, 0.15) is 17.2 Å². The van der Waals surface area contributed by atoms with E-state index < -0.39 is 0 Å². The van der Waals surface area contributed by atoms with Crippen LogP contribution in [-0.4, -0.2) is 15.6 Å². The van der Waals surface area contributed by atoms with Crippen molar-refractivity contribution in [2.24, 2.45) is 0 Å². The molecule has 0 fully saturated rings. The van der Waals surface area contributed by atoms with Crippen LogP contribution in [0.5, 0.6) is 5.75 Å². The second-order valence-corrected chi connectivity index (χ2v) is 5.62. The molecule has 0 unspecified atom stereocenters. The van der Waals surface area contributed by atoms with Crippen LogP contribution < -0.4 is 10.1 Å². The van der Waals surface area contributed by atoms with Gasteiger partial charge in [0, 0.05) is 25.4 Å². The number of imidazole rings is 1. The second-order valence-electron chi connectivity index (χ2n) is 5.62. The van der Waals surface area contributed by atoms with E-state index in [1.54, 1.807) is 6.20 Å². The molecule has 0 saturated carbocycles. The molecule has 0 radical (unpaired) electrons. The third kappa shape index (κ3) is 2.79. The summed E-state index contributed by atoms with van der Waals surface area (Å²) in [6.45, 7) is 5.85. The first-order chi connectivity index (χ1) is 9.12. The molecular formula is C15H19N3O. The van der Waals surface area contributed by atoms with E-state index in [9.17, 15) is 0 Å². The van der Waals surface area contributed by atoms with Gasteiger partial charge in [0.05, 0.1) is 6.54 Å². The molecule has 19 heavy (non-hydrogen) atoms. The van der Waals surface area contributed by atoms with E-state index >= 15 is 0 Å². The summed E-state index contributed by atoms with van der Waals surface area (Å²) in [5, 5.41) is 3.38. The van der Waals surface area contributed by atoms with Gasteiger partial charge in [0.2, 0.25) is 0 Å². The standard InChI is InChI=1S/C15H19N3O/c1-15(2)8-12-7-11(3-4-13(12)19-15)9-16-10-14-17-5-6-18-14/h3-7,16H,8-10H2,1-2H3,(H,17,18). The highest BCUT2D eigenvalue weighted by Gasteiger charge is 2.29. The van der Waals surface area contributed by atoms with Gasteiger partial charge >= 0.3 is 0 Å². The van der Waals surface area contributed by atoms with E-state index in [2.05, 4.69) is 47.3 Å². The Morgan fingerprint density at radius 2 is 2.26 bits per heavy atom. The van der Waals surface area contributed by atoms with Crippen LogP contribution in [0.3, 0.4) is 0 Å². The molecule has 1 aromatic carbocycles. The normalized spacial score (nSPS) is 16.1. The summed E-state index contributed by atoms with van der Waals surface area (Å²) in [6.07, 6.45) is 4.59. The van der Waals surface area contributed by atoms with E-state index in [4.69, 9.17) is 4.74 Å². The number of aromatic amines is 1. The molecule has 0 bridgehead atoms. The number of H-pyrrole nitrogens is 1. The summed E-state index contributed by atoms with van der Waals surface area (Å²) in [5.74, 6) is 1.99. The molecule has 0 amide bonds. The molecule has 4 nitrogen and oxygen atoms in total. The van der Waals surface area contributed by atoms with Crippen LogP contribution in [0.1, 0.15) is 30.8 Å². The Kier molecular flexibility index (Phi) is 3.03. The van der Waals surface area contributed by atoms with E-state index in [0.29, 0.717) is 0 Å². The summed E-state index contributed by atoms with van der Waals surface area (Å²) >= 11 is 0. The zero-order valence-corrected chi connectivity index (χ0v) is 11.4. The number of hydrogen-bond donors (Lipinski definition) is 2. The van der Waals surface area contributed by atoms with Crippen LogP contribution in [0.4, 0.5) is 0 Å². The van der Waals surface area contributed by atoms with Gasteiger partial charge < -0.3 is 15.0 Å². The predicted molar refractivity (Wildman–Crippen MR) is 74.0 cm³/mol. The number of benzene rings is 1. The maximum absolute atomic E-state index is 5.88. The fraction of sp³-hybridized carbons (Fsp3) is 0.400. The van der Waals surface area contributed by atoms with Crippen LogP contribution in [0.15, 0.2) is 30.6 Å². The number of ether oxygens (including phenoxy) is 1. The molecule has 2 aromatic rings. The first-order valence-electron chi connectivity index (χ1n) is 6.62. The minimum atomic E-state index is -0.0669. The van der Waals surface area contributed by atoms with Crippen molar-refractivity contribution in [3.05, 3.63) is 47.5 Å². The smallest absolute Gasteiger partial charge is 0.123 e. The first kappa shape index (κ1) is 12.2. The monoisotopic (exact) mass is 257 g/mol. The third-order valence-electron chi connectivity index (χ3n) is 3.30. The number of rotatable bonds is 4. The zero-order chi connectivity index (χ0) is 13.3. The zero-order valence-electron chi connectivity index (χ0n) is 11.4. The lowest BCUT2D eigenvalue weighted by atomic mass is 10.0. The highest BCUT2D eigenvalue weighted by atomic mass is 16.5. The average Bonchev–Trinajstić information content (AvgIpc) is 2.94. The summed E-state index contributed by atoms with van der Waals surface area (Å²) < 4.78 is 5.88. The molecule has 100 valence electrons. The highest BCUT2D eigenvalue weighted by Crippen LogP contribution is 2.35. The van der Waals surface area contributed by atoms with Gasteiger partial charge in [-0.25, -0.2) is 4.98 Å². The lowest BCUT2D eigenvalue weighted by molar-refractivity contribution is 0.138. The SMILES string of the molecule is CC1(C)Cc2cc(CNCc3ncc[nH]3)ccc2O1. The molecule has 3 rings (SSSR count). The summed E-state index contributed by atoms with van der Waals surface area (Å²) in [7, 11) is 0. The Morgan fingerprint density at radius 3 is 3.05 bits per heavy atom. The average molecular weight is 257 g/mol. The van der Waals surface area contributed by atoms with Crippen molar-refractivity contribution in [3.8, 4) is 5.75 Å². The number of fused-ring (bicyclic) bond motifs is 1. The molecule has 1 aliphatic rings. The molecule has 2 N–H and O–H groups in total. The number of hydrogen-bond acceptors (Lipinski definition) is 3. The van der Waals surface area contributed by atoms with Crippen LogP contribution in [0, 0.1) is 0 Å². The Labute approximate surface area is 113 Å². The molecule has 1 aromatic heterocycles. The number of nitrogens with zero attached hydrogens (tertiary/aromatic N) is 1. The number of aromatic nitrogens is 2. The van der Waals surface area contributed by atoms with Crippen molar-refractivity contribution >= 4 is 0 Å². The van der Waals surface area contributed by atoms with Crippen molar-refractivity contribution in [1.82, 2.24) is 15.3 Å². The molecule has 4 heteroatoms. The Balaban J connectivity index is 1.61. The second kappa shape index (κ2) is 4.70. The van der Waals surface area contributed by atoms with Gasteiger partial charge in [-0.3, -0.25) is 0 Å². The van der Waals surface area contributed by atoms with Gasteiger partial charge in [0.25, 0.3) is 0 Å². The van der Waals surface area contributed by atoms with Crippen molar-refractivity contribution < 1.29 is 4.74 Å². The fourth-order valence-corrected chi connectivity index (χ4v) is 2.49. The van der Waals surface area contributed by atoms with Crippen molar-refractivity contribution in [3.63, 3.8) is 0 Å². The largest absolute Gasteiger partial charge is 0.487 e. The van der Waals surface area contributed by atoms with E-state index in [-0.39, 0.29) is 5.60 Å². The van der Waals surface area contributed by atoms with Gasteiger partial charge in [0.15, 0.2) is 0 Å². The highest BCUT2D eigenvalue weighted by molar-refractivity contribution is 5.41. The summed E-state index contributed by atoms with van der Waals surface area (Å²) in [4.78, 5) is 7.27. The third-order valence-corrected chi connectivity index (χ3v) is 3.30. The van der Waals surface area contributed by atoms with Gasteiger partial charge in [-0.15, -0.1) is 0 Å². The first-order valence-corrected chi connectivity index (χ1v) is 6.62. The molecule has 0 aliphatic carbocycles. The van der Waals surface area contributed by atoms with Crippen LogP contribution in [0.25, 0.3) is 0 Å². The lowest BCUT2D eigenvalue weighted by Crippen LogP contribution is -2.24. The fourth-order valence-electron chi connectivity index (χ4n) is 2.49. The molecule has 0 spiro atoms. The quantitative estimate of drug-likeness (QED) is 0.884. The maximum Gasteiger partial charge on any atom is 0.123 e. The van der Waals surface area contributed by atoms with Crippen molar-refractivity contribution in [2.75, 3.05) is 0 Å². The minimum Gasteiger partial charge on any atom is -0.487 e. The van der Waals surface area contributed by atoms with Crippen molar-refractivity contribution in [2.45, 2.75) is 39.0 Å². The molecular weight excluding hydrogens is 238 g/mol. The topological polar surface area (TPSA) is 49.9 Å². The molecule has 1 aliphatic heterocycles. The van der Waals surface area contributed by atoms with Crippen LogP contribution in [-0.2, 0) is 19.5 Å². The van der Waals surface area contributed by atoms with Crippen LogP contribution >= 0.6 is 0 Å². The maximum atomic E-state index is 5.88. The van der Waals surface area contributed by atoms with Crippen LogP contribution in [0.2, 0.25) is 0 Å². The summed E-state index contributed by atoms with van der Waals surface area (Å²) in [6, 6.07) is 6.43. The Morgan fingerprint density at radius 1 is 1.37 bits per heavy atom. The molecule has 0 saturated heterocycles.